The number of non-ortho nitro benzene ring substituents is 1. The Balaban J connectivity index is 1.69. The van der Waals surface area contributed by atoms with Gasteiger partial charge in [0.1, 0.15) is 11.9 Å². The number of rotatable bonds is 4. The highest BCUT2D eigenvalue weighted by Crippen LogP contribution is 2.34. The maximum Gasteiger partial charge on any atom is 0.278 e. The molecule has 9 nitrogen and oxygen atoms in total. The first kappa shape index (κ1) is 16.4. The molecule has 0 spiro atoms. The van der Waals surface area contributed by atoms with E-state index in [1.165, 1.54) is 12.3 Å². The minimum absolute atomic E-state index is 0.0585. The van der Waals surface area contributed by atoms with Crippen molar-refractivity contribution in [2.75, 3.05) is 24.6 Å². The molecule has 1 aliphatic heterocycles. The first-order chi connectivity index (χ1) is 12.7. The van der Waals surface area contributed by atoms with Crippen LogP contribution < -0.4 is 4.90 Å². The number of hydrogen-bond acceptors (Lipinski definition) is 7. The summed E-state index contributed by atoms with van der Waals surface area (Å²) in [6, 6.07) is 5.13. The smallest absolute Gasteiger partial charge is 0.278 e. The zero-order valence-corrected chi connectivity index (χ0v) is 14.3. The van der Waals surface area contributed by atoms with Crippen LogP contribution in [0.15, 0.2) is 30.6 Å². The average molecular weight is 354 g/mol. The van der Waals surface area contributed by atoms with E-state index in [0.717, 1.165) is 23.3 Å². The fraction of sp³-hybridized carbons (Fsp3) is 0.353. The molecule has 9 heteroatoms. The number of anilines is 1. The number of hydrogen-bond donors (Lipinski definition) is 1. The molecule has 134 valence electrons. The molecule has 1 atom stereocenters. The Morgan fingerprint density at radius 2 is 2.27 bits per heavy atom. The van der Waals surface area contributed by atoms with Crippen molar-refractivity contribution < 1.29 is 9.66 Å². The lowest BCUT2D eigenvalue weighted by Gasteiger charge is -2.34. The molecule has 0 aliphatic carbocycles. The molecular formula is C17H18N6O3. The number of H-pyrrole nitrogens is 1. The zero-order chi connectivity index (χ0) is 18.1. The van der Waals surface area contributed by atoms with Crippen LogP contribution in [0.1, 0.15) is 24.7 Å². The predicted octanol–water partition coefficient (Wildman–Crippen LogP) is 2.40. The van der Waals surface area contributed by atoms with Crippen LogP contribution in [0.5, 0.6) is 0 Å². The van der Waals surface area contributed by atoms with Gasteiger partial charge in [-0.05, 0) is 12.1 Å². The van der Waals surface area contributed by atoms with Gasteiger partial charge in [0.25, 0.3) is 5.69 Å². The number of fused-ring (bicyclic) bond motifs is 1. The fourth-order valence-electron chi connectivity index (χ4n) is 3.23. The van der Waals surface area contributed by atoms with Gasteiger partial charge in [0.05, 0.1) is 23.5 Å². The van der Waals surface area contributed by atoms with E-state index in [2.05, 4.69) is 25.1 Å². The number of aryl methyl sites for hydroxylation is 1. The lowest BCUT2D eigenvalue weighted by molar-refractivity contribution is -0.383. The van der Waals surface area contributed by atoms with E-state index >= 15 is 0 Å². The first-order valence-corrected chi connectivity index (χ1v) is 8.46. The third kappa shape index (κ3) is 2.86. The molecule has 1 N–H and O–H groups in total. The van der Waals surface area contributed by atoms with Crippen molar-refractivity contribution in [3.8, 4) is 0 Å². The molecule has 26 heavy (non-hydrogen) atoms. The number of aromatic amines is 1. The Morgan fingerprint density at radius 3 is 3.04 bits per heavy atom. The van der Waals surface area contributed by atoms with E-state index in [0.29, 0.717) is 30.9 Å². The van der Waals surface area contributed by atoms with Gasteiger partial charge in [0.15, 0.2) is 5.82 Å². The molecule has 1 saturated heterocycles. The normalized spacial score (nSPS) is 17.6. The summed E-state index contributed by atoms with van der Waals surface area (Å²) in [5.41, 5.74) is 0.982. The van der Waals surface area contributed by atoms with Crippen LogP contribution in [0.3, 0.4) is 0 Å². The summed E-state index contributed by atoms with van der Waals surface area (Å²) in [4.78, 5) is 21.6. The molecule has 2 aromatic heterocycles. The molecule has 4 rings (SSSR count). The zero-order valence-electron chi connectivity index (χ0n) is 14.3. The van der Waals surface area contributed by atoms with Gasteiger partial charge >= 0.3 is 0 Å². The number of nitro benzene ring substituents is 1. The van der Waals surface area contributed by atoms with E-state index in [1.54, 1.807) is 12.3 Å². The van der Waals surface area contributed by atoms with Crippen LogP contribution in [0.25, 0.3) is 10.8 Å². The highest BCUT2D eigenvalue weighted by atomic mass is 16.6. The lowest BCUT2D eigenvalue weighted by atomic mass is 10.1. The number of ether oxygens (including phenoxy) is 1. The summed E-state index contributed by atoms with van der Waals surface area (Å²) in [5, 5.41) is 19.8. The number of nitrogens with one attached hydrogen (secondary N) is 1. The Labute approximate surface area is 149 Å². The first-order valence-electron chi connectivity index (χ1n) is 8.46. The topological polar surface area (TPSA) is 110 Å². The minimum atomic E-state index is -0.379. The summed E-state index contributed by atoms with van der Waals surface area (Å²) < 4.78 is 5.84. The summed E-state index contributed by atoms with van der Waals surface area (Å²) in [6.45, 7) is 3.81. The Morgan fingerprint density at radius 1 is 1.38 bits per heavy atom. The number of aromatic nitrogens is 4. The molecule has 1 fully saturated rings. The summed E-state index contributed by atoms with van der Waals surface area (Å²) in [5.74, 6) is 1.46. The van der Waals surface area contributed by atoms with E-state index in [1.807, 2.05) is 13.0 Å². The van der Waals surface area contributed by atoms with Crippen LogP contribution in [0, 0.1) is 10.1 Å². The Bertz CT molecular complexity index is 957. The van der Waals surface area contributed by atoms with Gasteiger partial charge in [0.2, 0.25) is 0 Å². The summed E-state index contributed by atoms with van der Waals surface area (Å²) >= 11 is 0. The van der Waals surface area contributed by atoms with Gasteiger partial charge < -0.3 is 9.64 Å². The van der Waals surface area contributed by atoms with Gasteiger partial charge in [-0.3, -0.25) is 20.2 Å². The van der Waals surface area contributed by atoms with Gasteiger partial charge in [-0.2, -0.15) is 5.10 Å². The molecular weight excluding hydrogens is 336 g/mol. The maximum absolute atomic E-state index is 11.3. The molecule has 0 saturated carbocycles. The number of pyridine rings is 1. The Hall–Kier alpha value is -3.07. The van der Waals surface area contributed by atoms with E-state index in [-0.39, 0.29) is 16.7 Å². The molecule has 3 aromatic rings. The van der Waals surface area contributed by atoms with E-state index in [9.17, 15) is 10.1 Å². The molecule has 1 aliphatic rings. The number of nitrogens with zero attached hydrogens (tertiary/aromatic N) is 5. The van der Waals surface area contributed by atoms with Crippen LogP contribution in [-0.4, -0.2) is 44.8 Å². The molecule has 3 heterocycles. The van der Waals surface area contributed by atoms with E-state index in [4.69, 9.17) is 4.74 Å². The minimum Gasteiger partial charge on any atom is -0.366 e. The maximum atomic E-state index is 11.3. The van der Waals surface area contributed by atoms with Gasteiger partial charge in [0, 0.05) is 42.5 Å². The van der Waals surface area contributed by atoms with Crippen molar-refractivity contribution in [1.29, 1.82) is 0 Å². The standard InChI is InChI=1S/C17H18N6O3/c1-2-16-19-17(21-20-16)15-10-22(7-8-26-15)13-3-4-14(23(24)25)12-9-18-6-5-11(12)13/h3-6,9,15H,2,7-8,10H2,1H3,(H,19,20,21). The van der Waals surface area contributed by atoms with Crippen molar-refractivity contribution >= 4 is 22.1 Å². The van der Waals surface area contributed by atoms with Crippen LogP contribution >= 0.6 is 0 Å². The monoisotopic (exact) mass is 354 g/mol. The van der Waals surface area contributed by atoms with Crippen LogP contribution in [0.4, 0.5) is 11.4 Å². The van der Waals surface area contributed by atoms with E-state index < -0.39 is 0 Å². The van der Waals surface area contributed by atoms with Crippen LogP contribution in [0.2, 0.25) is 0 Å². The highest BCUT2D eigenvalue weighted by Gasteiger charge is 2.27. The van der Waals surface area contributed by atoms with Crippen molar-refractivity contribution in [2.24, 2.45) is 0 Å². The molecule has 1 aromatic carbocycles. The molecule has 0 amide bonds. The summed E-state index contributed by atoms with van der Waals surface area (Å²) in [6.07, 6.45) is 3.73. The molecule has 1 unspecified atom stereocenters. The third-order valence-corrected chi connectivity index (χ3v) is 4.55. The SMILES string of the molecule is CCc1nc(C2CN(c3ccc([N+](=O)[O-])c4cnccc34)CCO2)n[nH]1. The van der Waals surface area contributed by atoms with Crippen LogP contribution in [-0.2, 0) is 11.2 Å². The quantitative estimate of drug-likeness (QED) is 0.566. The van der Waals surface area contributed by atoms with Crippen molar-refractivity contribution in [3.05, 3.63) is 52.4 Å². The number of nitro groups is 1. The lowest BCUT2D eigenvalue weighted by Crippen LogP contribution is -2.38. The average Bonchev–Trinajstić information content (AvgIpc) is 3.16. The largest absolute Gasteiger partial charge is 0.366 e. The second kappa shape index (κ2) is 6.68. The highest BCUT2D eigenvalue weighted by molar-refractivity contribution is 5.99. The number of morpholine rings is 1. The Kier molecular flexibility index (Phi) is 4.21. The molecule has 0 radical (unpaired) electrons. The van der Waals surface area contributed by atoms with Gasteiger partial charge in [-0.25, -0.2) is 4.98 Å². The third-order valence-electron chi connectivity index (χ3n) is 4.55. The second-order valence-corrected chi connectivity index (χ2v) is 6.08. The van der Waals surface area contributed by atoms with Gasteiger partial charge in [-0.15, -0.1) is 0 Å². The van der Waals surface area contributed by atoms with Gasteiger partial charge in [-0.1, -0.05) is 6.92 Å². The molecule has 0 bridgehead atoms. The van der Waals surface area contributed by atoms with Crippen molar-refractivity contribution in [2.45, 2.75) is 19.4 Å². The fourth-order valence-corrected chi connectivity index (χ4v) is 3.23. The van der Waals surface area contributed by atoms with Crippen molar-refractivity contribution in [1.82, 2.24) is 20.2 Å². The summed E-state index contributed by atoms with van der Waals surface area (Å²) in [7, 11) is 0. The second-order valence-electron chi connectivity index (χ2n) is 6.08. The predicted molar refractivity (Wildman–Crippen MR) is 95.1 cm³/mol. The number of benzene rings is 1. The van der Waals surface area contributed by atoms with Crippen molar-refractivity contribution in [3.63, 3.8) is 0 Å².